The van der Waals surface area contributed by atoms with E-state index in [9.17, 15) is 0 Å². The maximum absolute atomic E-state index is 6.08. The minimum atomic E-state index is -1.42. The Labute approximate surface area is 131 Å². The average molecular weight is 316 g/mol. The van der Waals surface area contributed by atoms with Crippen molar-refractivity contribution in [2.45, 2.75) is 34.6 Å². The summed E-state index contributed by atoms with van der Waals surface area (Å²) in [7, 11) is -1.42. The van der Waals surface area contributed by atoms with Crippen LogP contribution >= 0.6 is 8.24 Å². The molecule has 0 bridgehead atoms. The van der Waals surface area contributed by atoms with Crippen LogP contribution in [0.1, 0.15) is 29.2 Å². The van der Waals surface area contributed by atoms with Crippen molar-refractivity contribution in [2.75, 3.05) is 6.61 Å². The maximum Gasteiger partial charge on any atom is 0.387 e. The highest BCUT2D eigenvalue weighted by molar-refractivity contribution is 7.31. The molecule has 0 N–H and O–H groups in total. The number of benzene rings is 2. The second kappa shape index (κ2) is 5.83. The topological polar surface area (TPSA) is 35.5 Å². The Balaban J connectivity index is 2.60. The zero-order valence-electron chi connectivity index (χ0n) is 13.7. The van der Waals surface area contributed by atoms with Crippen LogP contribution in [0, 0.1) is 27.7 Å². The number of hydrogen-bond donors (Lipinski definition) is 0. The molecule has 0 radical (unpaired) electrons. The van der Waals surface area contributed by atoms with Gasteiger partial charge in [-0.05, 0) is 69.0 Å². The first-order valence-corrected chi connectivity index (χ1v) is 8.61. The van der Waals surface area contributed by atoms with E-state index in [1.54, 1.807) is 0 Å². The third-order valence-corrected chi connectivity index (χ3v) is 4.83. The summed E-state index contributed by atoms with van der Waals surface area (Å²) in [5.41, 5.74) is 6.39. The molecule has 3 aromatic rings. The van der Waals surface area contributed by atoms with Crippen LogP contribution < -0.4 is 4.52 Å². The first-order chi connectivity index (χ1) is 10.5. The average Bonchev–Trinajstić information content (AvgIpc) is 2.58. The largest absolute Gasteiger partial charge is 0.399 e. The van der Waals surface area contributed by atoms with Gasteiger partial charge in [0.15, 0.2) is 0 Å². The van der Waals surface area contributed by atoms with Crippen LogP contribution in [0.5, 0.6) is 0 Å². The van der Waals surface area contributed by atoms with Gasteiger partial charge in [0.2, 0.25) is 0 Å². The Kier molecular flexibility index (Phi) is 4.03. The van der Waals surface area contributed by atoms with Crippen molar-refractivity contribution in [1.29, 1.82) is 0 Å². The molecular weight excluding hydrogens is 295 g/mol. The fourth-order valence-corrected chi connectivity index (χ4v) is 4.01. The van der Waals surface area contributed by atoms with Crippen LogP contribution in [0.15, 0.2) is 32.7 Å². The summed E-state index contributed by atoms with van der Waals surface area (Å²) in [5, 5.41) is 2.17. The Bertz CT molecular complexity index is 824. The van der Waals surface area contributed by atoms with Gasteiger partial charge in [-0.1, -0.05) is 12.1 Å². The molecule has 3 nitrogen and oxygen atoms in total. The molecule has 0 aliphatic heterocycles. The van der Waals surface area contributed by atoms with E-state index in [2.05, 4.69) is 52.0 Å². The number of hydrogen-bond acceptors (Lipinski definition) is 3. The van der Waals surface area contributed by atoms with Crippen LogP contribution in [-0.4, -0.2) is 6.61 Å². The molecule has 1 heterocycles. The van der Waals surface area contributed by atoms with E-state index in [0.717, 1.165) is 33.1 Å². The predicted octanol–water partition coefficient (Wildman–Crippen LogP) is 5.97. The molecule has 0 amide bonds. The van der Waals surface area contributed by atoms with Crippen molar-refractivity contribution < 1.29 is 12.9 Å². The second-order valence-electron chi connectivity index (χ2n) is 5.74. The lowest BCUT2D eigenvalue weighted by Gasteiger charge is -2.03. The quantitative estimate of drug-likeness (QED) is 0.584. The minimum Gasteiger partial charge on any atom is -0.399 e. The minimum absolute atomic E-state index is 0.562. The molecule has 0 saturated carbocycles. The van der Waals surface area contributed by atoms with Crippen molar-refractivity contribution in [1.82, 2.24) is 0 Å². The highest BCUT2D eigenvalue weighted by Crippen LogP contribution is 2.37. The third kappa shape index (κ3) is 2.67. The molecule has 0 fully saturated rings. The van der Waals surface area contributed by atoms with E-state index >= 15 is 0 Å². The lowest BCUT2D eigenvalue weighted by Crippen LogP contribution is -1.85. The van der Waals surface area contributed by atoms with Gasteiger partial charge in [-0.25, -0.2) is 0 Å². The van der Waals surface area contributed by atoms with Crippen LogP contribution in [0.4, 0.5) is 0 Å². The molecule has 0 saturated heterocycles. The first kappa shape index (κ1) is 15.2. The molecule has 0 atom stereocenters. The van der Waals surface area contributed by atoms with Gasteiger partial charge in [0.25, 0.3) is 0 Å². The van der Waals surface area contributed by atoms with E-state index in [1.807, 2.05) is 6.92 Å². The highest BCUT2D eigenvalue weighted by atomic mass is 31.1. The van der Waals surface area contributed by atoms with E-state index < -0.39 is 8.24 Å². The molecule has 2 aromatic carbocycles. The Morgan fingerprint density at radius 3 is 1.68 bits per heavy atom. The summed E-state index contributed by atoms with van der Waals surface area (Å²) in [6.45, 7) is 10.9. The molecule has 0 aliphatic rings. The predicted molar refractivity (Wildman–Crippen MR) is 92.4 cm³/mol. The van der Waals surface area contributed by atoms with Gasteiger partial charge < -0.3 is 8.39 Å². The molecule has 3 rings (SSSR count). The lowest BCUT2D eigenvalue weighted by atomic mass is 10.0. The summed E-state index contributed by atoms with van der Waals surface area (Å²) in [4.78, 5) is 0. The smallest absolute Gasteiger partial charge is 0.387 e. The van der Waals surface area contributed by atoms with Crippen LogP contribution in [0.3, 0.4) is 0 Å². The van der Waals surface area contributed by atoms with Gasteiger partial charge in [0.1, 0.15) is 11.2 Å². The molecule has 4 heteroatoms. The van der Waals surface area contributed by atoms with Crippen molar-refractivity contribution in [3.8, 4) is 0 Å². The molecule has 0 unspecified atom stereocenters. The van der Waals surface area contributed by atoms with Gasteiger partial charge in [0.05, 0.1) is 6.61 Å². The fourth-order valence-electron chi connectivity index (χ4n) is 2.88. The van der Waals surface area contributed by atoms with E-state index in [4.69, 9.17) is 12.9 Å². The number of rotatable bonds is 2. The van der Waals surface area contributed by atoms with Gasteiger partial charge in [-0.2, -0.15) is 0 Å². The zero-order chi connectivity index (χ0) is 15.9. The normalized spacial score (nSPS) is 11.3. The number of aryl methyl sites for hydroxylation is 4. The molecular formula is C18H21O3P. The van der Waals surface area contributed by atoms with E-state index in [1.165, 1.54) is 11.1 Å². The van der Waals surface area contributed by atoms with Crippen LogP contribution in [-0.2, 0) is 0 Å². The Hall–Kier alpha value is -1.70. The third-order valence-electron chi connectivity index (χ3n) is 3.69. The standard InChI is InChI=1S/C18H21O3P/c1-6-19-22-20-17-13(4)7-11(2)9-15(17)16-10-12(3)8-14(5)18(16)21-22/h7-10H,6H2,1-5H3. The molecule has 0 aliphatic carbocycles. The molecule has 0 spiro atoms. The van der Waals surface area contributed by atoms with Gasteiger partial charge in [-0.3, -0.25) is 4.52 Å². The lowest BCUT2D eigenvalue weighted by molar-refractivity contribution is 0.394. The summed E-state index contributed by atoms with van der Waals surface area (Å²) < 4.78 is 17.8. The Morgan fingerprint density at radius 2 is 1.27 bits per heavy atom. The van der Waals surface area contributed by atoms with Crippen LogP contribution in [0.25, 0.3) is 21.9 Å². The van der Waals surface area contributed by atoms with Crippen molar-refractivity contribution in [3.63, 3.8) is 0 Å². The zero-order valence-corrected chi connectivity index (χ0v) is 14.6. The van der Waals surface area contributed by atoms with Crippen molar-refractivity contribution in [3.05, 3.63) is 46.5 Å². The molecule has 116 valence electrons. The molecule has 1 aromatic heterocycles. The second-order valence-corrected chi connectivity index (χ2v) is 6.81. The number of fused-ring (bicyclic) bond motifs is 3. The summed E-state index contributed by atoms with van der Waals surface area (Å²) in [6.07, 6.45) is 0. The SMILES string of the molecule is CCOp1oc2c(C)cc(C)cc2c2cc(C)cc(C)c2o1. The monoisotopic (exact) mass is 316 g/mol. The Morgan fingerprint density at radius 1 is 0.818 bits per heavy atom. The van der Waals surface area contributed by atoms with E-state index in [-0.39, 0.29) is 0 Å². The summed E-state index contributed by atoms with van der Waals surface area (Å²) >= 11 is 0. The van der Waals surface area contributed by atoms with Crippen LogP contribution in [0.2, 0.25) is 0 Å². The summed E-state index contributed by atoms with van der Waals surface area (Å²) in [5.74, 6) is 0. The molecule has 22 heavy (non-hydrogen) atoms. The van der Waals surface area contributed by atoms with Crippen molar-refractivity contribution in [2.24, 2.45) is 0 Å². The van der Waals surface area contributed by atoms with E-state index in [0.29, 0.717) is 6.61 Å². The highest BCUT2D eigenvalue weighted by Gasteiger charge is 2.11. The van der Waals surface area contributed by atoms with Gasteiger partial charge in [0, 0.05) is 10.8 Å². The fraction of sp³-hybridized carbons (Fsp3) is 0.333. The maximum atomic E-state index is 6.08. The van der Waals surface area contributed by atoms with Gasteiger partial charge >= 0.3 is 8.24 Å². The van der Waals surface area contributed by atoms with Gasteiger partial charge in [-0.15, -0.1) is 0 Å². The summed E-state index contributed by atoms with van der Waals surface area (Å²) in [6, 6.07) is 8.58. The van der Waals surface area contributed by atoms with Crippen molar-refractivity contribution >= 4 is 30.2 Å². The first-order valence-electron chi connectivity index (χ1n) is 7.51.